The van der Waals surface area contributed by atoms with Crippen LogP contribution in [-0.2, 0) is 5.54 Å². The lowest BCUT2D eigenvalue weighted by Gasteiger charge is -2.36. The molecular weight excluding hydrogens is 274 g/mol. The van der Waals surface area contributed by atoms with E-state index in [1.807, 2.05) is 4.68 Å². The molecule has 0 saturated heterocycles. The smallest absolute Gasteiger partial charge is 0.176 e. The molecule has 0 radical (unpaired) electrons. The highest BCUT2D eigenvalue weighted by Crippen LogP contribution is 2.36. The molecule has 2 aromatic rings. The third kappa shape index (κ3) is 2.54. The van der Waals surface area contributed by atoms with Crippen LogP contribution in [0.15, 0.2) is 18.2 Å². The lowest BCUT2D eigenvalue weighted by Crippen LogP contribution is -2.46. The maximum Gasteiger partial charge on any atom is 0.176 e. The number of nitrogens with zero attached hydrogens (tertiary/aromatic N) is 4. The van der Waals surface area contributed by atoms with Crippen LogP contribution in [0.1, 0.15) is 56.0 Å². The van der Waals surface area contributed by atoms with E-state index in [0.717, 1.165) is 30.9 Å². The molecule has 3 rings (SSSR count). The Bertz CT molecular complexity index is 635. The van der Waals surface area contributed by atoms with Crippen molar-refractivity contribution in [2.75, 3.05) is 6.54 Å². The van der Waals surface area contributed by atoms with Gasteiger partial charge in [-0.2, -0.15) is 4.68 Å². The fourth-order valence-corrected chi connectivity index (χ4v) is 3.59. The van der Waals surface area contributed by atoms with Crippen LogP contribution < -0.4 is 5.32 Å². The first-order chi connectivity index (χ1) is 10.7. The van der Waals surface area contributed by atoms with Crippen LogP contribution in [0.2, 0.25) is 0 Å². The summed E-state index contributed by atoms with van der Waals surface area (Å²) in [5.74, 6) is 0.961. The van der Waals surface area contributed by atoms with Crippen molar-refractivity contribution in [1.82, 2.24) is 25.5 Å². The molecule has 1 N–H and O–H groups in total. The lowest BCUT2D eigenvalue weighted by molar-refractivity contribution is 0.220. The average molecular weight is 299 g/mol. The predicted molar refractivity (Wildman–Crippen MR) is 87.1 cm³/mol. The Hall–Kier alpha value is -1.75. The van der Waals surface area contributed by atoms with Crippen molar-refractivity contribution in [3.05, 3.63) is 35.2 Å². The van der Waals surface area contributed by atoms with Crippen molar-refractivity contribution in [2.45, 2.75) is 58.4 Å². The van der Waals surface area contributed by atoms with Crippen LogP contribution in [0.4, 0.5) is 0 Å². The Kier molecular flexibility index (Phi) is 4.25. The van der Waals surface area contributed by atoms with Gasteiger partial charge < -0.3 is 5.32 Å². The number of nitrogens with one attached hydrogen (secondary N) is 1. The maximum absolute atomic E-state index is 4.42. The normalized spacial score (nSPS) is 17.6. The maximum atomic E-state index is 4.42. The summed E-state index contributed by atoms with van der Waals surface area (Å²) in [7, 11) is 0. The van der Waals surface area contributed by atoms with Crippen molar-refractivity contribution >= 4 is 0 Å². The van der Waals surface area contributed by atoms with Gasteiger partial charge in [0.05, 0.1) is 11.2 Å². The van der Waals surface area contributed by atoms with E-state index in [0.29, 0.717) is 0 Å². The number of rotatable bonds is 4. The van der Waals surface area contributed by atoms with Gasteiger partial charge in [-0.25, -0.2) is 0 Å². The van der Waals surface area contributed by atoms with E-state index in [2.05, 4.69) is 59.8 Å². The molecule has 0 unspecified atom stereocenters. The topological polar surface area (TPSA) is 55.6 Å². The molecule has 1 aliphatic carbocycles. The van der Waals surface area contributed by atoms with Gasteiger partial charge >= 0.3 is 0 Å². The molecule has 0 atom stereocenters. The van der Waals surface area contributed by atoms with E-state index in [-0.39, 0.29) is 5.54 Å². The Labute approximate surface area is 132 Å². The number of tetrazole rings is 1. The number of aryl methyl sites for hydroxylation is 1. The number of benzene rings is 1. The summed E-state index contributed by atoms with van der Waals surface area (Å²) >= 11 is 0. The lowest BCUT2D eigenvalue weighted by atomic mass is 9.80. The summed E-state index contributed by atoms with van der Waals surface area (Å²) in [6.45, 7) is 7.35. The van der Waals surface area contributed by atoms with E-state index < -0.39 is 0 Å². The zero-order chi connectivity index (χ0) is 15.6. The van der Waals surface area contributed by atoms with Crippen molar-refractivity contribution < 1.29 is 0 Å². The molecule has 0 bridgehead atoms. The zero-order valence-electron chi connectivity index (χ0n) is 13.8. The zero-order valence-corrected chi connectivity index (χ0v) is 13.8. The van der Waals surface area contributed by atoms with Crippen LogP contribution in [0.5, 0.6) is 0 Å². The van der Waals surface area contributed by atoms with Gasteiger partial charge in [0, 0.05) is 0 Å². The van der Waals surface area contributed by atoms with Crippen molar-refractivity contribution in [1.29, 1.82) is 0 Å². The molecule has 1 heterocycles. The minimum Gasteiger partial charge on any atom is -0.305 e. The summed E-state index contributed by atoms with van der Waals surface area (Å²) < 4.78 is 1.94. The number of hydrogen-bond donors (Lipinski definition) is 1. The largest absolute Gasteiger partial charge is 0.305 e. The van der Waals surface area contributed by atoms with E-state index in [1.165, 1.54) is 30.4 Å². The highest BCUT2D eigenvalue weighted by atomic mass is 15.6. The van der Waals surface area contributed by atoms with Crippen molar-refractivity contribution in [3.63, 3.8) is 0 Å². The first kappa shape index (κ1) is 15.2. The van der Waals surface area contributed by atoms with Crippen LogP contribution in [0, 0.1) is 13.8 Å². The van der Waals surface area contributed by atoms with E-state index in [1.54, 1.807) is 0 Å². The Morgan fingerprint density at radius 1 is 1.18 bits per heavy atom. The summed E-state index contributed by atoms with van der Waals surface area (Å²) in [5, 5.41) is 16.4. The Morgan fingerprint density at radius 3 is 2.68 bits per heavy atom. The van der Waals surface area contributed by atoms with Gasteiger partial charge in [0.25, 0.3) is 0 Å². The molecule has 1 aromatic heterocycles. The van der Waals surface area contributed by atoms with Gasteiger partial charge in [-0.05, 0) is 60.9 Å². The number of aromatic nitrogens is 4. The summed E-state index contributed by atoms with van der Waals surface area (Å²) in [4.78, 5) is 0. The molecule has 1 saturated carbocycles. The SMILES string of the molecule is CCNC1(c2nnnn2-c2cccc(C)c2C)CCCCC1. The molecule has 5 heteroatoms. The third-order valence-corrected chi connectivity index (χ3v) is 4.92. The Balaban J connectivity index is 2.09. The third-order valence-electron chi connectivity index (χ3n) is 4.92. The standard InChI is InChI=1S/C17H25N5/c1-4-18-17(11-6-5-7-12-17)16-19-20-21-22(16)15-10-8-9-13(2)14(15)3/h8-10,18H,4-7,11-12H2,1-3H3. The Morgan fingerprint density at radius 2 is 1.95 bits per heavy atom. The highest BCUT2D eigenvalue weighted by Gasteiger charge is 2.38. The van der Waals surface area contributed by atoms with Crippen molar-refractivity contribution in [3.8, 4) is 5.69 Å². The first-order valence-corrected chi connectivity index (χ1v) is 8.28. The van der Waals surface area contributed by atoms with E-state index >= 15 is 0 Å². The molecule has 0 aliphatic heterocycles. The summed E-state index contributed by atoms with van der Waals surface area (Å²) in [6, 6.07) is 6.30. The van der Waals surface area contributed by atoms with Crippen LogP contribution in [0.3, 0.4) is 0 Å². The monoisotopic (exact) mass is 299 g/mol. The van der Waals surface area contributed by atoms with Gasteiger partial charge in [0.1, 0.15) is 0 Å². The van der Waals surface area contributed by atoms with Gasteiger partial charge in [0.2, 0.25) is 0 Å². The minimum atomic E-state index is -0.0906. The first-order valence-electron chi connectivity index (χ1n) is 8.28. The molecule has 1 aromatic carbocycles. The van der Waals surface area contributed by atoms with Gasteiger partial charge in [0.15, 0.2) is 5.82 Å². The van der Waals surface area contributed by atoms with E-state index in [4.69, 9.17) is 0 Å². The second-order valence-corrected chi connectivity index (χ2v) is 6.31. The van der Waals surface area contributed by atoms with Crippen LogP contribution in [-0.4, -0.2) is 26.8 Å². The summed E-state index contributed by atoms with van der Waals surface area (Å²) in [5.41, 5.74) is 3.49. The highest BCUT2D eigenvalue weighted by molar-refractivity contribution is 5.44. The fraction of sp³-hybridized carbons (Fsp3) is 0.588. The minimum absolute atomic E-state index is 0.0906. The molecule has 22 heavy (non-hydrogen) atoms. The molecule has 5 nitrogen and oxygen atoms in total. The predicted octanol–water partition coefficient (Wildman–Crippen LogP) is 3.05. The van der Waals surface area contributed by atoms with Gasteiger partial charge in [-0.3, -0.25) is 0 Å². The fourth-order valence-electron chi connectivity index (χ4n) is 3.59. The quantitative estimate of drug-likeness (QED) is 0.942. The van der Waals surface area contributed by atoms with Gasteiger partial charge in [-0.15, -0.1) is 5.10 Å². The number of hydrogen-bond acceptors (Lipinski definition) is 4. The van der Waals surface area contributed by atoms with Crippen LogP contribution >= 0.6 is 0 Å². The molecule has 118 valence electrons. The molecule has 0 spiro atoms. The van der Waals surface area contributed by atoms with Crippen molar-refractivity contribution in [2.24, 2.45) is 0 Å². The second-order valence-electron chi connectivity index (χ2n) is 6.31. The average Bonchev–Trinajstić information content (AvgIpc) is 3.01. The molecular formula is C17H25N5. The van der Waals surface area contributed by atoms with Crippen LogP contribution in [0.25, 0.3) is 5.69 Å². The summed E-state index contributed by atoms with van der Waals surface area (Å²) in [6.07, 6.45) is 5.97. The van der Waals surface area contributed by atoms with E-state index in [9.17, 15) is 0 Å². The molecule has 0 amide bonds. The molecule has 1 aliphatic rings. The second kappa shape index (κ2) is 6.16. The molecule has 1 fully saturated rings. The van der Waals surface area contributed by atoms with Gasteiger partial charge in [-0.1, -0.05) is 38.3 Å².